The zero-order valence-electron chi connectivity index (χ0n) is 17.6. The lowest BCUT2D eigenvalue weighted by atomic mass is 9.97. The number of hydrogen-bond acceptors (Lipinski definition) is 5. The number of fused-ring (bicyclic) bond motifs is 1. The molecule has 0 bridgehead atoms. The van der Waals surface area contributed by atoms with Crippen molar-refractivity contribution in [2.75, 3.05) is 25.0 Å². The van der Waals surface area contributed by atoms with Gasteiger partial charge >= 0.3 is 12.1 Å². The molecule has 0 radical (unpaired) electrons. The molecule has 4 N–H and O–H groups in total. The predicted molar refractivity (Wildman–Crippen MR) is 116 cm³/mol. The van der Waals surface area contributed by atoms with Crippen molar-refractivity contribution >= 4 is 23.8 Å². The van der Waals surface area contributed by atoms with Crippen LogP contribution in [0.4, 0.5) is 15.4 Å². The van der Waals surface area contributed by atoms with E-state index in [1.165, 1.54) is 23.5 Å². The third kappa shape index (κ3) is 5.13. The normalized spacial score (nSPS) is 16.3. The monoisotopic (exact) mass is 438 g/mol. The van der Waals surface area contributed by atoms with Crippen molar-refractivity contribution in [2.24, 2.45) is 5.92 Å². The van der Waals surface area contributed by atoms with Crippen LogP contribution in [0, 0.1) is 5.92 Å². The van der Waals surface area contributed by atoms with Gasteiger partial charge in [0.1, 0.15) is 0 Å². The molecule has 4 amide bonds. The maximum Gasteiger partial charge on any atom is 0.404 e. The first kappa shape index (κ1) is 21.5. The third-order valence-corrected chi connectivity index (χ3v) is 5.97. The van der Waals surface area contributed by atoms with E-state index in [-0.39, 0.29) is 35.4 Å². The fourth-order valence-corrected chi connectivity index (χ4v) is 4.26. The number of anilines is 1. The van der Waals surface area contributed by atoms with Crippen LogP contribution in [0.5, 0.6) is 0 Å². The van der Waals surface area contributed by atoms with Crippen LogP contribution in [0.2, 0.25) is 0 Å². The van der Waals surface area contributed by atoms with Crippen molar-refractivity contribution in [1.29, 1.82) is 0 Å². The van der Waals surface area contributed by atoms with Crippen LogP contribution in [-0.4, -0.2) is 63.7 Å². The van der Waals surface area contributed by atoms with Gasteiger partial charge in [-0.3, -0.25) is 10.1 Å². The van der Waals surface area contributed by atoms with Crippen LogP contribution in [0.15, 0.2) is 36.7 Å². The molecule has 0 unspecified atom stereocenters. The highest BCUT2D eigenvalue weighted by Crippen LogP contribution is 2.22. The molecule has 1 saturated heterocycles. The molecule has 32 heavy (non-hydrogen) atoms. The molecule has 168 valence electrons. The molecule has 2 aromatic rings. The molecule has 0 spiro atoms. The first-order valence-electron chi connectivity index (χ1n) is 10.7. The second kappa shape index (κ2) is 9.63. The van der Waals surface area contributed by atoms with Crippen molar-refractivity contribution in [3.8, 4) is 0 Å². The number of rotatable bonds is 5. The van der Waals surface area contributed by atoms with Gasteiger partial charge in [-0.15, -0.1) is 0 Å². The standard InChI is InChI=1S/C22H26N6O4/c29-20(26-17-11-15-3-1-2-4-16(15)12-17)18-19(24-8-7-23-18)27-21(30)28-9-5-14(6-10-28)13-25-22(31)32/h1-4,7-8,14,17,25H,5-6,9-13H2,(H,26,29)(H,31,32)(H,24,27,30). The molecular formula is C22H26N6O4. The molecule has 1 aliphatic heterocycles. The van der Waals surface area contributed by atoms with Gasteiger partial charge in [-0.25, -0.2) is 19.6 Å². The fourth-order valence-electron chi connectivity index (χ4n) is 4.26. The number of nitrogens with one attached hydrogen (secondary N) is 3. The summed E-state index contributed by atoms with van der Waals surface area (Å²) in [6, 6.07) is 7.74. The summed E-state index contributed by atoms with van der Waals surface area (Å²) in [5.74, 6) is -0.0478. The van der Waals surface area contributed by atoms with Gasteiger partial charge in [0.05, 0.1) is 0 Å². The Morgan fingerprint density at radius 1 is 1.03 bits per heavy atom. The van der Waals surface area contributed by atoms with Gasteiger partial charge in [-0.2, -0.15) is 0 Å². The molecule has 2 aliphatic rings. The Bertz CT molecular complexity index is 980. The van der Waals surface area contributed by atoms with Gasteiger partial charge in [-0.1, -0.05) is 24.3 Å². The molecule has 10 nitrogen and oxygen atoms in total. The Labute approximate surface area is 185 Å². The van der Waals surface area contributed by atoms with Crippen LogP contribution < -0.4 is 16.0 Å². The average molecular weight is 438 g/mol. The second-order valence-corrected chi connectivity index (χ2v) is 8.15. The maximum absolute atomic E-state index is 12.9. The smallest absolute Gasteiger partial charge is 0.404 e. The Hall–Kier alpha value is -3.69. The number of carbonyl (C=O) groups excluding carboxylic acids is 2. The Balaban J connectivity index is 1.33. The highest BCUT2D eigenvalue weighted by Gasteiger charge is 2.27. The Morgan fingerprint density at radius 2 is 1.69 bits per heavy atom. The van der Waals surface area contributed by atoms with Gasteiger partial charge in [0.15, 0.2) is 11.5 Å². The minimum absolute atomic E-state index is 0.0242. The maximum atomic E-state index is 12.9. The van der Waals surface area contributed by atoms with Crippen molar-refractivity contribution in [1.82, 2.24) is 25.5 Å². The topological polar surface area (TPSA) is 137 Å². The van der Waals surface area contributed by atoms with E-state index in [1.54, 1.807) is 4.90 Å². The lowest BCUT2D eigenvalue weighted by Gasteiger charge is -2.31. The summed E-state index contributed by atoms with van der Waals surface area (Å²) in [6.07, 6.45) is 4.73. The molecule has 2 heterocycles. The van der Waals surface area contributed by atoms with Crippen molar-refractivity contribution in [2.45, 2.75) is 31.7 Å². The number of urea groups is 1. The number of nitrogens with zero attached hydrogens (tertiary/aromatic N) is 3. The van der Waals surface area contributed by atoms with Crippen LogP contribution in [0.1, 0.15) is 34.5 Å². The zero-order valence-corrected chi connectivity index (χ0v) is 17.6. The second-order valence-electron chi connectivity index (χ2n) is 8.15. The minimum atomic E-state index is -1.04. The number of likely N-dealkylation sites (tertiary alicyclic amines) is 1. The lowest BCUT2D eigenvalue weighted by molar-refractivity contribution is 0.0934. The van der Waals surface area contributed by atoms with Crippen molar-refractivity contribution < 1.29 is 19.5 Å². The first-order valence-corrected chi connectivity index (χ1v) is 10.7. The highest BCUT2D eigenvalue weighted by atomic mass is 16.4. The predicted octanol–water partition coefficient (Wildman–Crippen LogP) is 1.89. The Morgan fingerprint density at radius 3 is 2.34 bits per heavy atom. The van der Waals surface area contributed by atoms with Crippen LogP contribution in [0.3, 0.4) is 0 Å². The van der Waals surface area contributed by atoms with Gasteiger partial charge in [-0.05, 0) is 42.7 Å². The van der Waals surface area contributed by atoms with Gasteiger partial charge in [0, 0.05) is 38.1 Å². The number of aromatic nitrogens is 2. The molecule has 1 aliphatic carbocycles. The van der Waals surface area contributed by atoms with Gasteiger partial charge < -0.3 is 20.6 Å². The summed E-state index contributed by atoms with van der Waals surface area (Å²) in [7, 11) is 0. The molecule has 4 rings (SSSR count). The van der Waals surface area contributed by atoms with E-state index in [1.807, 2.05) is 12.1 Å². The van der Waals surface area contributed by atoms with Crippen LogP contribution in [0.25, 0.3) is 0 Å². The lowest BCUT2D eigenvalue weighted by Crippen LogP contribution is -2.43. The van der Waals surface area contributed by atoms with Crippen LogP contribution >= 0.6 is 0 Å². The molecular weight excluding hydrogens is 412 g/mol. The number of amides is 4. The number of carbonyl (C=O) groups is 3. The van der Waals surface area contributed by atoms with E-state index in [4.69, 9.17) is 5.11 Å². The molecule has 0 saturated carbocycles. The molecule has 1 aromatic heterocycles. The Kier molecular flexibility index (Phi) is 6.48. The van der Waals surface area contributed by atoms with E-state index in [0.717, 1.165) is 12.8 Å². The quantitative estimate of drug-likeness (QED) is 0.563. The first-order chi connectivity index (χ1) is 15.5. The number of hydrogen-bond donors (Lipinski definition) is 4. The van der Waals surface area contributed by atoms with Crippen molar-refractivity contribution in [3.05, 3.63) is 53.5 Å². The molecule has 10 heteroatoms. The number of benzene rings is 1. The molecule has 1 aromatic carbocycles. The van der Waals surface area contributed by atoms with Gasteiger partial charge in [0.2, 0.25) is 0 Å². The zero-order chi connectivity index (χ0) is 22.5. The summed E-state index contributed by atoms with van der Waals surface area (Å²) >= 11 is 0. The average Bonchev–Trinajstić information content (AvgIpc) is 3.20. The number of piperidine rings is 1. The van der Waals surface area contributed by atoms with Crippen LogP contribution in [-0.2, 0) is 12.8 Å². The van der Waals surface area contributed by atoms with Gasteiger partial charge in [0.25, 0.3) is 5.91 Å². The summed E-state index contributed by atoms with van der Waals surface area (Å²) in [5.41, 5.74) is 2.54. The third-order valence-electron chi connectivity index (χ3n) is 5.97. The molecule has 1 fully saturated rings. The molecule has 0 atom stereocenters. The van der Waals surface area contributed by atoms with E-state index < -0.39 is 6.09 Å². The summed E-state index contributed by atoms with van der Waals surface area (Å²) in [4.78, 5) is 46.2. The summed E-state index contributed by atoms with van der Waals surface area (Å²) < 4.78 is 0. The minimum Gasteiger partial charge on any atom is -0.465 e. The van der Waals surface area contributed by atoms with E-state index in [0.29, 0.717) is 32.5 Å². The summed E-state index contributed by atoms with van der Waals surface area (Å²) in [5, 5.41) is 16.8. The SMILES string of the molecule is O=C(O)NCC1CCN(C(=O)Nc2nccnc2C(=O)NC2Cc3ccccc3C2)CC1. The van der Waals surface area contributed by atoms with E-state index in [2.05, 4.69) is 38.1 Å². The van der Waals surface area contributed by atoms with Crippen molar-refractivity contribution in [3.63, 3.8) is 0 Å². The fraction of sp³-hybridized carbons (Fsp3) is 0.409. The number of carboxylic acid groups (broad SMARTS) is 1. The highest BCUT2D eigenvalue weighted by molar-refractivity contribution is 6.00. The largest absolute Gasteiger partial charge is 0.465 e. The van der Waals surface area contributed by atoms with E-state index >= 15 is 0 Å². The van der Waals surface area contributed by atoms with E-state index in [9.17, 15) is 14.4 Å². The summed E-state index contributed by atoms with van der Waals surface area (Å²) in [6.45, 7) is 1.38.